The zero-order valence-electron chi connectivity index (χ0n) is 5.44. The fraction of sp³-hybridized carbons (Fsp3) is 0. The van der Waals surface area contributed by atoms with E-state index in [4.69, 9.17) is 34.2 Å². The van der Waals surface area contributed by atoms with Crippen LogP contribution in [0.15, 0.2) is 12.1 Å². The van der Waals surface area contributed by atoms with Crippen LogP contribution in [0.1, 0.15) is 0 Å². The molecule has 11 heavy (non-hydrogen) atoms. The highest BCUT2D eigenvalue weighted by atomic mass is 35.5. The highest BCUT2D eigenvalue weighted by Gasteiger charge is 2.07. The molecule has 60 valence electrons. The summed E-state index contributed by atoms with van der Waals surface area (Å²) < 4.78 is 0. The number of anilines is 1. The maximum Gasteiger partial charge on any atom is 0.135 e. The van der Waals surface area contributed by atoms with Gasteiger partial charge in [0.05, 0.1) is 10.7 Å². The molecular weight excluding hydrogens is 187 g/mol. The molecule has 0 unspecified atom stereocenters. The normalized spacial score (nSPS) is 9.73. The zero-order chi connectivity index (χ0) is 8.43. The number of rotatable bonds is 1. The van der Waals surface area contributed by atoms with Crippen molar-refractivity contribution in [1.82, 2.24) is 0 Å². The summed E-state index contributed by atoms with van der Waals surface area (Å²) in [5.41, 5.74) is 2.82. The van der Waals surface area contributed by atoms with Gasteiger partial charge in [0.15, 0.2) is 0 Å². The molecule has 1 aromatic rings. The lowest BCUT2D eigenvalue weighted by atomic mass is 10.3. The number of phenolic OH excluding ortho intramolecular Hbond substituents is 1. The summed E-state index contributed by atoms with van der Waals surface area (Å²) in [6.07, 6.45) is 0. The molecular formula is C6H6Cl2N2O. The van der Waals surface area contributed by atoms with E-state index in [0.717, 1.165) is 0 Å². The minimum absolute atomic E-state index is 0.0596. The number of hydrogen-bond donors (Lipinski definition) is 3. The fourth-order valence-electron chi connectivity index (χ4n) is 0.651. The van der Waals surface area contributed by atoms with Gasteiger partial charge in [-0.1, -0.05) is 23.2 Å². The van der Waals surface area contributed by atoms with Gasteiger partial charge in [0.25, 0.3) is 0 Å². The Morgan fingerprint density at radius 2 is 1.91 bits per heavy atom. The van der Waals surface area contributed by atoms with Gasteiger partial charge in [-0.05, 0) is 12.1 Å². The summed E-state index contributed by atoms with van der Waals surface area (Å²) >= 11 is 11.2. The number of hydrogen-bond acceptors (Lipinski definition) is 3. The quantitative estimate of drug-likeness (QED) is 0.363. The van der Waals surface area contributed by atoms with E-state index in [9.17, 15) is 0 Å². The van der Waals surface area contributed by atoms with Gasteiger partial charge in [0.1, 0.15) is 10.8 Å². The molecule has 0 heterocycles. The van der Waals surface area contributed by atoms with Crippen molar-refractivity contribution in [3.63, 3.8) is 0 Å². The van der Waals surface area contributed by atoms with Crippen molar-refractivity contribution in [3.8, 4) is 5.75 Å². The molecule has 0 bridgehead atoms. The van der Waals surface area contributed by atoms with E-state index in [1.54, 1.807) is 0 Å². The molecule has 0 aromatic heterocycles. The number of nitrogens with two attached hydrogens (primary N) is 1. The molecule has 0 radical (unpaired) electrons. The first kappa shape index (κ1) is 8.46. The second kappa shape index (κ2) is 3.17. The maximum absolute atomic E-state index is 9.04. The van der Waals surface area contributed by atoms with Crippen molar-refractivity contribution in [3.05, 3.63) is 22.2 Å². The molecule has 0 fully saturated rings. The monoisotopic (exact) mass is 192 g/mol. The Kier molecular flexibility index (Phi) is 2.44. The minimum Gasteiger partial charge on any atom is -0.506 e. The number of phenols is 1. The van der Waals surface area contributed by atoms with Crippen LogP contribution in [0.25, 0.3) is 0 Å². The van der Waals surface area contributed by atoms with Crippen LogP contribution in [-0.2, 0) is 0 Å². The summed E-state index contributed by atoms with van der Waals surface area (Å²) in [7, 11) is 0. The molecule has 0 aliphatic carbocycles. The molecule has 0 saturated heterocycles. The average molecular weight is 193 g/mol. The van der Waals surface area contributed by atoms with Crippen molar-refractivity contribution in [2.45, 2.75) is 0 Å². The van der Waals surface area contributed by atoms with Gasteiger partial charge < -0.3 is 10.5 Å². The van der Waals surface area contributed by atoms with E-state index < -0.39 is 0 Å². The van der Waals surface area contributed by atoms with E-state index in [-0.39, 0.29) is 15.8 Å². The van der Waals surface area contributed by atoms with Crippen LogP contribution in [0.2, 0.25) is 10.0 Å². The van der Waals surface area contributed by atoms with Gasteiger partial charge in [-0.15, -0.1) is 0 Å². The predicted molar refractivity (Wildman–Crippen MR) is 45.9 cm³/mol. The fourth-order valence-corrected chi connectivity index (χ4v) is 1.03. The first-order valence-electron chi connectivity index (χ1n) is 2.80. The summed E-state index contributed by atoms with van der Waals surface area (Å²) in [4.78, 5) is 0. The van der Waals surface area contributed by atoms with Crippen molar-refractivity contribution < 1.29 is 5.11 Å². The van der Waals surface area contributed by atoms with Crippen LogP contribution in [0.5, 0.6) is 5.75 Å². The standard InChI is InChI=1S/C6H6Cl2N2O/c7-5-3(10-9)1-2-4(11)6(5)8/h1-2,10-11H,9H2. The van der Waals surface area contributed by atoms with Crippen molar-refractivity contribution in [2.24, 2.45) is 5.84 Å². The molecule has 4 N–H and O–H groups in total. The Labute approximate surface area is 73.7 Å². The third kappa shape index (κ3) is 1.50. The molecule has 0 aliphatic heterocycles. The molecule has 0 saturated carbocycles. The Balaban J connectivity index is 3.25. The zero-order valence-corrected chi connectivity index (χ0v) is 6.95. The second-order valence-electron chi connectivity index (χ2n) is 1.90. The predicted octanol–water partition coefficient (Wildman–Crippen LogP) is 1.98. The second-order valence-corrected chi connectivity index (χ2v) is 2.66. The van der Waals surface area contributed by atoms with Crippen LogP contribution in [0.3, 0.4) is 0 Å². The molecule has 0 amide bonds. The van der Waals surface area contributed by atoms with Crippen LogP contribution >= 0.6 is 23.2 Å². The Hall–Kier alpha value is -0.640. The number of aromatic hydroxyl groups is 1. The van der Waals surface area contributed by atoms with Crippen molar-refractivity contribution in [1.29, 1.82) is 0 Å². The van der Waals surface area contributed by atoms with Crippen LogP contribution < -0.4 is 11.3 Å². The number of hydrazine groups is 1. The third-order valence-corrected chi connectivity index (χ3v) is 2.09. The number of halogens is 2. The molecule has 3 nitrogen and oxygen atoms in total. The van der Waals surface area contributed by atoms with Gasteiger partial charge in [-0.2, -0.15) is 0 Å². The largest absolute Gasteiger partial charge is 0.506 e. The van der Waals surface area contributed by atoms with E-state index in [0.29, 0.717) is 5.69 Å². The summed E-state index contributed by atoms with van der Waals surface area (Å²) in [5.74, 6) is 5.04. The van der Waals surface area contributed by atoms with Crippen LogP contribution in [-0.4, -0.2) is 5.11 Å². The van der Waals surface area contributed by atoms with E-state index >= 15 is 0 Å². The molecule has 1 aromatic carbocycles. The lowest BCUT2D eigenvalue weighted by molar-refractivity contribution is 0.475. The Morgan fingerprint density at radius 3 is 2.45 bits per heavy atom. The first-order chi connectivity index (χ1) is 5.16. The Bertz CT molecular complexity index is 278. The smallest absolute Gasteiger partial charge is 0.135 e. The number of nitrogen functional groups attached to an aromatic ring is 1. The highest BCUT2D eigenvalue weighted by Crippen LogP contribution is 2.35. The topological polar surface area (TPSA) is 58.3 Å². The summed E-state index contributed by atoms with van der Waals surface area (Å²) in [6.45, 7) is 0. The molecule has 5 heteroatoms. The van der Waals surface area contributed by atoms with Gasteiger partial charge in [-0.3, -0.25) is 5.84 Å². The van der Waals surface area contributed by atoms with E-state index in [2.05, 4.69) is 5.43 Å². The number of nitrogens with one attached hydrogen (secondary N) is 1. The summed E-state index contributed by atoms with van der Waals surface area (Å²) in [5, 5.41) is 9.35. The van der Waals surface area contributed by atoms with Gasteiger partial charge in [0, 0.05) is 0 Å². The third-order valence-electron chi connectivity index (χ3n) is 1.22. The lowest BCUT2D eigenvalue weighted by Gasteiger charge is -2.04. The van der Waals surface area contributed by atoms with E-state index in [1.807, 2.05) is 0 Å². The lowest BCUT2D eigenvalue weighted by Crippen LogP contribution is -2.06. The molecule has 1 rings (SSSR count). The molecule has 0 atom stereocenters. The minimum atomic E-state index is -0.0596. The Morgan fingerprint density at radius 1 is 1.27 bits per heavy atom. The SMILES string of the molecule is NNc1ccc(O)c(Cl)c1Cl. The highest BCUT2D eigenvalue weighted by molar-refractivity contribution is 6.44. The van der Waals surface area contributed by atoms with Gasteiger partial charge >= 0.3 is 0 Å². The summed E-state index contributed by atoms with van der Waals surface area (Å²) in [6, 6.07) is 2.94. The van der Waals surface area contributed by atoms with Crippen molar-refractivity contribution >= 4 is 28.9 Å². The van der Waals surface area contributed by atoms with Gasteiger partial charge in [-0.25, -0.2) is 0 Å². The van der Waals surface area contributed by atoms with E-state index in [1.165, 1.54) is 12.1 Å². The molecule has 0 aliphatic rings. The van der Waals surface area contributed by atoms with Gasteiger partial charge in [0.2, 0.25) is 0 Å². The van der Waals surface area contributed by atoms with Crippen LogP contribution in [0, 0.1) is 0 Å². The first-order valence-corrected chi connectivity index (χ1v) is 3.56. The maximum atomic E-state index is 9.04. The van der Waals surface area contributed by atoms with Crippen molar-refractivity contribution in [2.75, 3.05) is 5.43 Å². The average Bonchev–Trinajstić information content (AvgIpc) is 2.01. The molecule has 0 spiro atoms. The number of benzene rings is 1. The van der Waals surface area contributed by atoms with Crippen LogP contribution in [0.4, 0.5) is 5.69 Å².